The second-order valence-electron chi connectivity index (χ2n) is 4.74. The maximum atomic E-state index is 12.1. The van der Waals surface area contributed by atoms with E-state index in [1.165, 1.54) is 0 Å². The lowest BCUT2D eigenvalue weighted by atomic mass is 9.97. The van der Waals surface area contributed by atoms with Gasteiger partial charge in [0.15, 0.2) is 6.29 Å². The minimum Gasteiger partial charge on any atom is -0.394 e. The number of aliphatic hydroxyl groups is 4. The predicted octanol–water partition coefficient (Wildman–Crippen LogP) is -1.18. The zero-order valence-electron chi connectivity index (χ0n) is 10.9. The van der Waals surface area contributed by atoms with Gasteiger partial charge in [-0.15, -0.1) is 0 Å². The van der Waals surface area contributed by atoms with Crippen LogP contribution in [0.1, 0.15) is 10.4 Å². The van der Waals surface area contributed by atoms with E-state index in [0.717, 1.165) is 3.57 Å². The first-order chi connectivity index (χ1) is 9.93. The zero-order valence-corrected chi connectivity index (χ0v) is 13.0. The van der Waals surface area contributed by atoms with E-state index in [1.54, 1.807) is 18.2 Å². The van der Waals surface area contributed by atoms with E-state index in [1.807, 2.05) is 6.07 Å². The molecule has 0 aliphatic carbocycles. The highest BCUT2D eigenvalue weighted by atomic mass is 127. The molecule has 1 unspecified atom stereocenters. The highest BCUT2D eigenvalue weighted by Crippen LogP contribution is 2.20. The van der Waals surface area contributed by atoms with Gasteiger partial charge in [0, 0.05) is 9.13 Å². The first-order valence-electron chi connectivity index (χ1n) is 6.31. The lowest BCUT2D eigenvalue weighted by Gasteiger charge is -2.40. The monoisotopic (exact) mass is 409 g/mol. The van der Waals surface area contributed by atoms with Gasteiger partial charge in [0.25, 0.3) is 5.91 Å². The fourth-order valence-corrected chi connectivity index (χ4v) is 2.66. The molecule has 1 aromatic rings. The average Bonchev–Trinajstić information content (AvgIpc) is 2.47. The summed E-state index contributed by atoms with van der Waals surface area (Å²) in [7, 11) is 0. The molecule has 5 atom stereocenters. The number of rotatable bonds is 3. The van der Waals surface area contributed by atoms with Crippen molar-refractivity contribution in [2.24, 2.45) is 0 Å². The number of benzene rings is 1. The maximum absolute atomic E-state index is 12.1. The molecule has 0 saturated carbocycles. The number of carbonyl (C=O) groups is 1. The van der Waals surface area contributed by atoms with Gasteiger partial charge in [0.2, 0.25) is 0 Å². The second kappa shape index (κ2) is 6.99. The molecule has 0 aromatic heterocycles. The molecular weight excluding hydrogens is 393 g/mol. The normalized spacial score (nSPS) is 32.7. The van der Waals surface area contributed by atoms with Gasteiger partial charge < -0.3 is 30.5 Å². The number of ether oxygens (including phenoxy) is 1. The van der Waals surface area contributed by atoms with Crippen LogP contribution in [-0.4, -0.2) is 63.6 Å². The van der Waals surface area contributed by atoms with Gasteiger partial charge in [-0.2, -0.15) is 0 Å². The van der Waals surface area contributed by atoms with E-state index in [0.29, 0.717) is 5.56 Å². The quantitative estimate of drug-likeness (QED) is 0.401. The lowest BCUT2D eigenvalue weighted by molar-refractivity contribution is -0.252. The molecule has 5 N–H and O–H groups in total. The highest BCUT2D eigenvalue weighted by molar-refractivity contribution is 14.1. The zero-order chi connectivity index (χ0) is 15.6. The van der Waals surface area contributed by atoms with Crippen molar-refractivity contribution >= 4 is 28.5 Å². The van der Waals surface area contributed by atoms with Gasteiger partial charge in [-0.3, -0.25) is 4.79 Å². The molecule has 0 spiro atoms. The van der Waals surface area contributed by atoms with E-state index in [4.69, 9.17) is 9.84 Å². The van der Waals surface area contributed by atoms with Crippen molar-refractivity contribution < 1.29 is 30.0 Å². The summed E-state index contributed by atoms with van der Waals surface area (Å²) >= 11 is 2.06. The van der Waals surface area contributed by atoms with Crippen LogP contribution < -0.4 is 5.32 Å². The fraction of sp³-hybridized carbons (Fsp3) is 0.462. The van der Waals surface area contributed by atoms with Crippen molar-refractivity contribution in [1.29, 1.82) is 0 Å². The molecule has 8 heteroatoms. The number of carbonyl (C=O) groups excluding carboxylic acids is 1. The van der Waals surface area contributed by atoms with Crippen LogP contribution in [0.5, 0.6) is 0 Å². The molecule has 0 bridgehead atoms. The van der Waals surface area contributed by atoms with Crippen molar-refractivity contribution in [2.45, 2.75) is 30.6 Å². The third-order valence-corrected chi connectivity index (χ3v) is 3.96. The van der Waals surface area contributed by atoms with Crippen LogP contribution in [0.15, 0.2) is 24.3 Å². The molecule has 21 heavy (non-hydrogen) atoms. The summed E-state index contributed by atoms with van der Waals surface area (Å²) in [4.78, 5) is 12.1. The topological polar surface area (TPSA) is 119 Å². The molecule has 1 aromatic carbocycles. The van der Waals surface area contributed by atoms with E-state index in [9.17, 15) is 20.1 Å². The SMILES string of the molecule is O=C(N[C@H]1C(O)O[C@H](CO)[C@@H](O)[C@@H]1O)c1cccc(I)c1. The van der Waals surface area contributed by atoms with Gasteiger partial charge in [-0.1, -0.05) is 6.07 Å². The standard InChI is InChI=1S/C13H16INO6/c14-7-3-1-2-6(4-7)12(19)15-9-11(18)10(17)8(5-16)21-13(9)20/h1-4,8-11,13,16-18,20H,5H2,(H,15,19)/t8-,9-,10-,11-,13?/m1/s1. The summed E-state index contributed by atoms with van der Waals surface area (Å²) in [5.74, 6) is -0.505. The van der Waals surface area contributed by atoms with E-state index in [2.05, 4.69) is 27.9 Å². The van der Waals surface area contributed by atoms with Crippen molar-refractivity contribution in [1.82, 2.24) is 5.32 Å². The van der Waals surface area contributed by atoms with E-state index >= 15 is 0 Å². The average molecular weight is 409 g/mol. The summed E-state index contributed by atoms with van der Waals surface area (Å²) in [5.41, 5.74) is 0.361. The van der Waals surface area contributed by atoms with Crippen LogP contribution in [0.4, 0.5) is 0 Å². The van der Waals surface area contributed by atoms with Crippen molar-refractivity contribution in [2.75, 3.05) is 6.61 Å². The Kier molecular flexibility index (Phi) is 5.52. The molecule has 1 aliphatic heterocycles. The van der Waals surface area contributed by atoms with Gasteiger partial charge in [-0.25, -0.2) is 0 Å². The van der Waals surface area contributed by atoms with Crippen LogP contribution in [0.3, 0.4) is 0 Å². The third kappa shape index (κ3) is 3.71. The van der Waals surface area contributed by atoms with Gasteiger partial charge >= 0.3 is 0 Å². The molecule has 116 valence electrons. The maximum Gasteiger partial charge on any atom is 0.251 e. The Morgan fingerprint density at radius 1 is 1.29 bits per heavy atom. The summed E-state index contributed by atoms with van der Waals surface area (Å²) < 4.78 is 5.83. The molecule has 1 heterocycles. The lowest BCUT2D eigenvalue weighted by Crippen LogP contribution is -2.64. The molecule has 1 saturated heterocycles. The van der Waals surface area contributed by atoms with Crippen molar-refractivity contribution in [3.05, 3.63) is 33.4 Å². The number of hydrogen-bond acceptors (Lipinski definition) is 6. The Bertz CT molecular complexity index is 513. The molecule has 1 amide bonds. The number of aliphatic hydroxyl groups excluding tert-OH is 4. The Morgan fingerprint density at radius 3 is 2.62 bits per heavy atom. The third-order valence-electron chi connectivity index (χ3n) is 3.28. The van der Waals surface area contributed by atoms with E-state index < -0.39 is 43.2 Å². The largest absolute Gasteiger partial charge is 0.394 e. The summed E-state index contributed by atoms with van der Waals surface area (Å²) in [6.07, 6.45) is -5.47. The predicted molar refractivity (Wildman–Crippen MR) is 80.4 cm³/mol. The van der Waals surface area contributed by atoms with E-state index in [-0.39, 0.29) is 0 Å². The van der Waals surface area contributed by atoms with Crippen LogP contribution >= 0.6 is 22.6 Å². The van der Waals surface area contributed by atoms with Crippen LogP contribution in [-0.2, 0) is 4.74 Å². The number of halogens is 1. The summed E-state index contributed by atoms with van der Waals surface area (Å²) in [6.45, 7) is -0.549. The van der Waals surface area contributed by atoms with Crippen molar-refractivity contribution in [3.63, 3.8) is 0 Å². The van der Waals surface area contributed by atoms with Crippen LogP contribution in [0.25, 0.3) is 0 Å². The van der Waals surface area contributed by atoms with Gasteiger partial charge in [0.1, 0.15) is 24.4 Å². The molecule has 0 radical (unpaired) electrons. The molecule has 1 aliphatic rings. The Hall–Kier alpha value is -0.780. The van der Waals surface area contributed by atoms with Gasteiger partial charge in [-0.05, 0) is 40.8 Å². The molecule has 1 fully saturated rings. The van der Waals surface area contributed by atoms with Crippen LogP contribution in [0, 0.1) is 3.57 Å². The minimum atomic E-state index is -1.52. The molecule has 2 rings (SSSR count). The second-order valence-corrected chi connectivity index (χ2v) is 5.98. The highest BCUT2D eigenvalue weighted by Gasteiger charge is 2.44. The minimum absolute atomic E-state index is 0.361. The van der Waals surface area contributed by atoms with Crippen LogP contribution in [0.2, 0.25) is 0 Å². The first-order valence-corrected chi connectivity index (χ1v) is 7.39. The number of nitrogens with one attached hydrogen (secondary N) is 1. The Morgan fingerprint density at radius 2 is 2.00 bits per heavy atom. The number of hydrogen-bond donors (Lipinski definition) is 5. The molecular formula is C13H16INO6. The first kappa shape index (κ1) is 16.6. The summed E-state index contributed by atoms with van der Waals surface area (Å²) in [6, 6.07) is 5.57. The summed E-state index contributed by atoms with van der Waals surface area (Å²) in [5, 5.41) is 40.9. The Labute approximate surface area is 134 Å². The fourth-order valence-electron chi connectivity index (χ4n) is 2.12. The van der Waals surface area contributed by atoms with Crippen molar-refractivity contribution in [3.8, 4) is 0 Å². The smallest absolute Gasteiger partial charge is 0.251 e. The Balaban J connectivity index is 2.09. The molecule has 7 nitrogen and oxygen atoms in total. The number of amides is 1. The van der Waals surface area contributed by atoms with Gasteiger partial charge in [0.05, 0.1) is 6.61 Å².